The van der Waals surface area contributed by atoms with E-state index in [0.29, 0.717) is 24.2 Å². The van der Waals surface area contributed by atoms with Crippen LogP contribution in [0.3, 0.4) is 0 Å². The van der Waals surface area contributed by atoms with Gasteiger partial charge < -0.3 is 5.32 Å². The Morgan fingerprint density at radius 1 is 1.09 bits per heavy atom. The molecule has 0 saturated carbocycles. The number of sulfonamides is 1. The summed E-state index contributed by atoms with van der Waals surface area (Å²) in [6.45, 7) is 2.46. The summed E-state index contributed by atoms with van der Waals surface area (Å²) in [5, 5.41) is 4.60. The summed E-state index contributed by atoms with van der Waals surface area (Å²) in [6, 6.07) is 15.7. The van der Waals surface area contributed by atoms with Crippen LogP contribution < -0.4 is 5.32 Å². The fourth-order valence-corrected chi connectivity index (χ4v) is 8.61. The number of carbonyl (C=O) groups excluding carboxylic acids is 1. The third kappa shape index (κ3) is 6.35. The van der Waals surface area contributed by atoms with Crippen LogP contribution in [-0.4, -0.2) is 56.5 Å². The molecular formula is C24H27N3O5S3. The van der Waals surface area contributed by atoms with Gasteiger partial charge in [-0.25, -0.2) is 26.1 Å². The number of amides is 1. The van der Waals surface area contributed by atoms with Crippen LogP contribution in [0.5, 0.6) is 0 Å². The predicted molar refractivity (Wildman–Crippen MR) is 139 cm³/mol. The molecule has 1 fully saturated rings. The summed E-state index contributed by atoms with van der Waals surface area (Å²) in [6.07, 6.45) is 1.96. The zero-order valence-electron chi connectivity index (χ0n) is 19.5. The molecule has 2 heterocycles. The van der Waals surface area contributed by atoms with Crippen LogP contribution in [0.15, 0.2) is 53.9 Å². The minimum atomic E-state index is -3.86. The van der Waals surface area contributed by atoms with Gasteiger partial charge in [-0.15, -0.1) is 11.3 Å². The average molecular weight is 534 g/mol. The van der Waals surface area contributed by atoms with Crippen molar-refractivity contribution in [1.82, 2.24) is 9.29 Å². The second-order valence-corrected chi connectivity index (χ2v) is 14.1. The van der Waals surface area contributed by atoms with E-state index >= 15 is 0 Å². The molecule has 1 aliphatic heterocycles. The number of nitrogens with one attached hydrogen (secondary N) is 1. The van der Waals surface area contributed by atoms with Gasteiger partial charge in [-0.3, -0.25) is 4.79 Å². The highest BCUT2D eigenvalue weighted by Gasteiger charge is 2.32. The molecule has 8 nitrogen and oxygen atoms in total. The minimum absolute atomic E-state index is 0.0190. The van der Waals surface area contributed by atoms with Gasteiger partial charge in [-0.05, 0) is 37.5 Å². The molecule has 0 atom stereocenters. The molecule has 2 aromatic carbocycles. The highest BCUT2D eigenvalue weighted by atomic mass is 32.3. The van der Waals surface area contributed by atoms with Crippen LogP contribution in [0.4, 0.5) is 5.69 Å². The van der Waals surface area contributed by atoms with Crippen LogP contribution in [-0.2, 0) is 19.9 Å². The number of nitrogens with zero attached hydrogens (tertiary/aromatic N) is 2. The van der Waals surface area contributed by atoms with Crippen molar-refractivity contribution in [3.05, 3.63) is 70.2 Å². The van der Waals surface area contributed by atoms with Crippen molar-refractivity contribution in [2.45, 2.75) is 25.7 Å². The summed E-state index contributed by atoms with van der Waals surface area (Å²) in [5.41, 5.74) is 4.03. The third-order valence-corrected chi connectivity index (χ3v) is 10.9. The van der Waals surface area contributed by atoms with Gasteiger partial charge >= 0.3 is 0 Å². The van der Waals surface area contributed by atoms with E-state index in [1.165, 1.54) is 15.6 Å². The van der Waals surface area contributed by atoms with Gasteiger partial charge in [0.2, 0.25) is 10.0 Å². The van der Waals surface area contributed by atoms with E-state index in [-0.39, 0.29) is 24.9 Å². The fraction of sp³-hybridized carbons (Fsp3) is 0.333. The normalized spacial score (nSPS) is 15.7. The number of hydrogen-bond acceptors (Lipinski definition) is 7. The topological polar surface area (TPSA) is 114 Å². The lowest BCUT2D eigenvalue weighted by atomic mass is 9.99. The molecule has 0 spiro atoms. The van der Waals surface area contributed by atoms with E-state index in [4.69, 9.17) is 0 Å². The Kier molecular flexibility index (Phi) is 7.41. The molecule has 0 unspecified atom stereocenters. The minimum Gasteiger partial charge on any atom is -0.320 e. The van der Waals surface area contributed by atoms with E-state index in [0.717, 1.165) is 28.0 Å². The average Bonchev–Trinajstić information content (AvgIpc) is 3.30. The number of piperidine rings is 1. The maximum atomic E-state index is 13.0. The van der Waals surface area contributed by atoms with Gasteiger partial charge in [0.1, 0.15) is 5.69 Å². The Balaban J connectivity index is 1.44. The smallest absolute Gasteiger partial charge is 0.275 e. The molecule has 1 aliphatic rings. The predicted octanol–water partition coefficient (Wildman–Crippen LogP) is 3.88. The van der Waals surface area contributed by atoms with E-state index < -0.39 is 24.9 Å². The molecule has 4 rings (SSSR count). The molecule has 3 aromatic rings. The van der Waals surface area contributed by atoms with Crippen LogP contribution in [0.25, 0.3) is 11.1 Å². The molecule has 186 valence electrons. The number of aryl methyl sites for hydroxylation is 1. The lowest BCUT2D eigenvalue weighted by Gasteiger charge is -2.30. The number of sulfone groups is 1. The van der Waals surface area contributed by atoms with Gasteiger partial charge in [-0.1, -0.05) is 42.0 Å². The van der Waals surface area contributed by atoms with Gasteiger partial charge in [0.15, 0.2) is 14.9 Å². The van der Waals surface area contributed by atoms with E-state index in [1.54, 1.807) is 5.38 Å². The number of rotatable bonds is 7. The summed E-state index contributed by atoms with van der Waals surface area (Å²) in [5.74, 6) is -0.285. The summed E-state index contributed by atoms with van der Waals surface area (Å²) in [7, 11) is -7.49. The second-order valence-electron chi connectivity index (χ2n) is 8.77. The molecule has 1 N–H and O–H groups in total. The molecule has 1 amide bonds. The Morgan fingerprint density at radius 3 is 2.43 bits per heavy atom. The first kappa shape index (κ1) is 25.5. The number of benzene rings is 2. The maximum absolute atomic E-state index is 13.0. The van der Waals surface area contributed by atoms with Crippen molar-refractivity contribution < 1.29 is 21.6 Å². The standard InChI is InChI=1S/C24H27N3O5S3/c1-17-8-9-21(20(14-17)18-6-4-3-5-7-18)25-23(28)22-15-33-24(26-22)19-10-12-27(13-11-19)35(31,32)16-34(2,29)30/h3-9,14-15,19H,10-13,16H2,1-2H3,(H,25,28). The molecule has 11 heteroatoms. The molecule has 1 aromatic heterocycles. The third-order valence-electron chi connectivity index (χ3n) is 5.82. The van der Waals surface area contributed by atoms with Crippen LogP contribution in [0.2, 0.25) is 0 Å². The molecule has 0 aliphatic carbocycles. The van der Waals surface area contributed by atoms with Gasteiger partial charge in [0.05, 0.1) is 5.01 Å². The molecular weight excluding hydrogens is 506 g/mol. The van der Waals surface area contributed by atoms with Crippen molar-refractivity contribution in [1.29, 1.82) is 0 Å². The zero-order chi connectivity index (χ0) is 25.2. The molecule has 35 heavy (non-hydrogen) atoms. The van der Waals surface area contributed by atoms with Crippen molar-refractivity contribution in [3.8, 4) is 11.1 Å². The van der Waals surface area contributed by atoms with Crippen molar-refractivity contribution in [2.75, 3.05) is 29.7 Å². The van der Waals surface area contributed by atoms with Gasteiger partial charge in [0, 0.05) is 41.9 Å². The van der Waals surface area contributed by atoms with Crippen molar-refractivity contribution in [3.63, 3.8) is 0 Å². The summed E-state index contributed by atoms with van der Waals surface area (Å²) < 4.78 is 48.8. The van der Waals surface area contributed by atoms with E-state index in [1.807, 2.05) is 55.5 Å². The SMILES string of the molecule is Cc1ccc(NC(=O)c2csc(C3CCN(S(=O)(=O)CS(C)(=O)=O)CC3)n2)c(-c2ccccc2)c1. The first-order valence-corrected chi connectivity index (χ1v) is 15.7. The molecule has 1 saturated heterocycles. The largest absolute Gasteiger partial charge is 0.320 e. The van der Waals surface area contributed by atoms with Crippen molar-refractivity contribution in [2.24, 2.45) is 0 Å². The first-order valence-electron chi connectivity index (χ1n) is 11.1. The van der Waals surface area contributed by atoms with Gasteiger partial charge in [-0.2, -0.15) is 0 Å². The second kappa shape index (κ2) is 10.2. The Morgan fingerprint density at radius 2 is 1.77 bits per heavy atom. The van der Waals surface area contributed by atoms with Gasteiger partial charge in [0.25, 0.3) is 5.91 Å². The highest BCUT2D eigenvalue weighted by molar-refractivity contribution is 8.06. The summed E-state index contributed by atoms with van der Waals surface area (Å²) >= 11 is 1.38. The molecule has 0 radical (unpaired) electrons. The molecule has 0 bridgehead atoms. The van der Waals surface area contributed by atoms with Crippen LogP contribution in [0.1, 0.15) is 39.8 Å². The highest BCUT2D eigenvalue weighted by Crippen LogP contribution is 2.33. The first-order chi connectivity index (χ1) is 16.5. The fourth-order valence-electron chi connectivity index (χ4n) is 4.12. The Labute approximate surface area is 210 Å². The Bertz CT molecular complexity index is 1430. The number of aromatic nitrogens is 1. The van der Waals surface area contributed by atoms with Crippen LogP contribution >= 0.6 is 11.3 Å². The number of hydrogen-bond donors (Lipinski definition) is 1. The maximum Gasteiger partial charge on any atom is 0.275 e. The lowest BCUT2D eigenvalue weighted by molar-refractivity contribution is 0.102. The zero-order valence-corrected chi connectivity index (χ0v) is 21.9. The van der Waals surface area contributed by atoms with Crippen LogP contribution in [0, 0.1) is 6.92 Å². The monoisotopic (exact) mass is 533 g/mol. The quantitative estimate of drug-likeness (QED) is 0.493. The number of anilines is 1. The number of thiazole rings is 1. The Hall–Kier alpha value is -2.60. The number of carbonyl (C=O) groups is 1. The van der Waals surface area contributed by atoms with E-state index in [9.17, 15) is 21.6 Å². The van der Waals surface area contributed by atoms with E-state index in [2.05, 4.69) is 10.3 Å². The summed E-state index contributed by atoms with van der Waals surface area (Å²) in [4.78, 5) is 17.5. The van der Waals surface area contributed by atoms with Crippen molar-refractivity contribution >= 4 is 42.8 Å². The lowest BCUT2D eigenvalue weighted by Crippen LogP contribution is -2.40.